The summed E-state index contributed by atoms with van der Waals surface area (Å²) in [5, 5.41) is 8.44. The quantitative estimate of drug-likeness (QED) is 0.624. The van der Waals surface area contributed by atoms with Crippen LogP contribution in [0.15, 0.2) is 47.8 Å². The monoisotopic (exact) mass is 365 g/mol. The van der Waals surface area contributed by atoms with Gasteiger partial charge in [0.05, 0.1) is 11.4 Å². The van der Waals surface area contributed by atoms with Crippen LogP contribution >= 0.6 is 11.8 Å². The fraction of sp³-hybridized carbons (Fsp3) is 0.286. The van der Waals surface area contributed by atoms with Crippen LogP contribution in [0.25, 0.3) is 11.3 Å². The van der Waals surface area contributed by atoms with Crippen LogP contribution in [0.5, 0.6) is 0 Å². The minimum Gasteiger partial charge on any atom is -0.298 e. The van der Waals surface area contributed by atoms with Crippen LogP contribution in [-0.4, -0.2) is 26.7 Å². The van der Waals surface area contributed by atoms with Crippen molar-refractivity contribution < 1.29 is 4.79 Å². The summed E-state index contributed by atoms with van der Waals surface area (Å²) in [5.74, 6) is 0.646. The first-order valence-corrected chi connectivity index (χ1v) is 9.75. The molecule has 0 radical (unpaired) electrons. The van der Waals surface area contributed by atoms with E-state index >= 15 is 0 Å². The highest BCUT2D eigenvalue weighted by Crippen LogP contribution is 2.29. The number of Topliss-reactive ketones (excluding diaryl/α,β-unsaturated/α-hetero) is 1. The Balaban J connectivity index is 1.68. The van der Waals surface area contributed by atoms with E-state index in [1.165, 1.54) is 22.9 Å². The third kappa shape index (κ3) is 4.22. The molecule has 2 heterocycles. The lowest BCUT2D eigenvalue weighted by Gasteiger charge is -2.06. The average Bonchev–Trinajstić information content (AvgIpc) is 3.06. The number of ketones is 1. The Kier molecular flexibility index (Phi) is 5.89. The number of aryl methyl sites for hydroxylation is 2. The van der Waals surface area contributed by atoms with E-state index in [0.29, 0.717) is 12.2 Å². The zero-order valence-electron chi connectivity index (χ0n) is 15.4. The maximum atomic E-state index is 12.4. The van der Waals surface area contributed by atoms with Gasteiger partial charge in [0.15, 0.2) is 0 Å². The van der Waals surface area contributed by atoms with Crippen LogP contribution in [-0.2, 0) is 17.6 Å². The molecule has 0 saturated carbocycles. The van der Waals surface area contributed by atoms with Gasteiger partial charge in [-0.1, -0.05) is 42.4 Å². The summed E-state index contributed by atoms with van der Waals surface area (Å²) in [4.78, 5) is 16.6. The second-order valence-electron chi connectivity index (χ2n) is 6.41. The van der Waals surface area contributed by atoms with Gasteiger partial charge in [-0.05, 0) is 43.5 Å². The third-order valence-corrected chi connectivity index (χ3v) is 5.47. The van der Waals surface area contributed by atoms with E-state index in [9.17, 15) is 4.79 Å². The van der Waals surface area contributed by atoms with Crippen LogP contribution in [0.4, 0.5) is 0 Å². The summed E-state index contributed by atoms with van der Waals surface area (Å²) in [6, 6.07) is 10.2. The van der Waals surface area contributed by atoms with Crippen molar-refractivity contribution in [2.24, 2.45) is 0 Å². The van der Waals surface area contributed by atoms with Crippen LogP contribution in [0, 0.1) is 13.8 Å². The number of thioether (sulfide) groups is 1. The molecule has 26 heavy (non-hydrogen) atoms. The molecule has 2 aromatic heterocycles. The van der Waals surface area contributed by atoms with Crippen LogP contribution in [0.2, 0.25) is 0 Å². The SMILES string of the molecule is CCc1c(SCC(=O)Cc2ccc(C)cc2C)n[nH]c1-c1cccnc1. The van der Waals surface area contributed by atoms with E-state index in [2.05, 4.69) is 54.2 Å². The molecule has 0 bridgehead atoms. The number of carbonyl (C=O) groups excluding carboxylic acids is 1. The molecule has 0 amide bonds. The number of pyridine rings is 1. The molecule has 3 rings (SSSR count). The van der Waals surface area contributed by atoms with Gasteiger partial charge < -0.3 is 0 Å². The van der Waals surface area contributed by atoms with E-state index in [1.807, 2.05) is 18.3 Å². The molecule has 0 aliphatic heterocycles. The lowest BCUT2D eigenvalue weighted by Crippen LogP contribution is -2.07. The predicted octanol–water partition coefficient (Wildman–Crippen LogP) is 4.55. The Hall–Kier alpha value is -2.40. The fourth-order valence-electron chi connectivity index (χ4n) is 3.00. The number of H-pyrrole nitrogens is 1. The maximum Gasteiger partial charge on any atom is 0.147 e. The number of carbonyl (C=O) groups is 1. The molecule has 0 fully saturated rings. The smallest absolute Gasteiger partial charge is 0.147 e. The number of aromatic amines is 1. The Bertz CT molecular complexity index is 903. The van der Waals surface area contributed by atoms with Crippen LogP contribution in [0.3, 0.4) is 0 Å². The zero-order chi connectivity index (χ0) is 18.5. The van der Waals surface area contributed by atoms with Crippen molar-refractivity contribution in [1.82, 2.24) is 15.2 Å². The highest BCUT2D eigenvalue weighted by atomic mass is 32.2. The van der Waals surface area contributed by atoms with E-state index in [-0.39, 0.29) is 5.78 Å². The van der Waals surface area contributed by atoms with Gasteiger partial charge >= 0.3 is 0 Å². The van der Waals surface area contributed by atoms with E-state index in [1.54, 1.807) is 6.20 Å². The second kappa shape index (κ2) is 8.32. The van der Waals surface area contributed by atoms with Gasteiger partial charge in [0.25, 0.3) is 0 Å². The Morgan fingerprint density at radius 1 is 1.23 bits per heavy atom. The first-order valence-electron chi connectivity index (χ1n) is 8.76. The molecule has 4 nitrogen and oxygen atoms in total. The average molecular weight is 366 g/mol. The molecule has 1 aromatic carbocycles. The van der Waals surface area contributed by atoms with Crippen molar-refractivity contribution in [3.63, 3.8) is 0 Å². The molecule has 0 atom stereocenters. The van der Waals surface area contributed by atoms with E-state index in [4.69, 9.17) is 0 Å². The van der Waals surface area contributed by atoms with Crippen molar-refractivity contribution in [3.8, 4) is 11.3 Å². The number of nitrogens with one attached hydrogen (secondary N) is 1. The van der Waals surface area contributed by atoms with Gasteiger partial charge in [-0.2, -0.15) is 5.10 Å². The van der Waals surface area contributed by atoms with Gasteiger partial charge in [-0.15, -0.1) is 0 Å². The van der Waals surface area contributed by atoms with Crippen LogP contribution < -0.4 is 0 Å². The number of benzene rings is 1. The highest BCUT2D eigenvalue weighted by molar-refractivity contribution is 8.00. The lowest BCUT2D eigenvalue weighted by molar-refractivity contribution is -0.116. The molecule has 1 N–H and O–H groups in total. The summed E-state index contributed by atoms with van der Waals surface area (Å²) in [6.07, 6.45) is 4.91. The zero-order valence-corrected chi connectivity index (χ0v) is 16.2. The number of hydrogen-bond acceptors (Lipinski definition) is 4. The molecular weight excluding hydrogens is 342 g/mol. The second-order valence-corrected chi connectivity index (χ2v) is 7.38. The van der Waals surface area contributed by atoms with Gasteiger partial charge in [0.1, 0.15) is 10.8 Å². The summed E-state index contributed by atoms with van der Waals surface area (Å²) in [7, 11) is 0. The Morgan fingerprint density at radius 2 is 2.08 bits per heavy atom. The van der Waals surface area contributed by atoms with Crippen molar-refractivity contribution in [1.29, 1.82) is 0 Å². The minimum atomic E-state index is 0.218. The molecule has 134 valence electrons. The van der Waals surface area contributed by atoms with Gasteiger partial charge in [0, 0.05) is 29.9 Å². The predicted molar refractivity (Wildman–Crippen MR) is 107 cm³/mol. The van der Waals surface area contributed by atoms with E-state index < -0.39 is 0 Å². The normalized spacial score (nSPS) is 10.9. The minimum absolute atomic E-state index is 0.218. The maximum absolute atomic E-state index is 12.4. The molecule has 0 aliphatic rings. The van der Waals surface area contributed by atoms with Gasteiger partial charge in [-0.3, -0.25) is 14.9 Å². The highest BCUT2D eigenvalue weighted by Gasteiger charge is 2.15. The largest absolute Gasteiger partial charge is 0.298 e. The van der Waals surface area contributed by atoms with Crippen LogP contribution in [0.1, 0.15) is 29.2 Å². The molecule has 0 unspecified atom stereocenters. The number of rotatable bonds is 7. The molecule has 5 heteroatoms. The number of nitrogens with zero attached hydrogens (tertiary/aromatic N) is 2. The summed E-state index contributed by atoms with van der Waals surface area (Å²) >= 11 is 1.51. The lowest BCUT2D eigenvalue weighted by atomic mass is 10.0. The number of aromatic nitrogens is 3. The summed E-state index contributed by atoms with van der Waals surface area (Å²) < 4.78 is 0. The Morgan fingerprint density at radius 3 is 2.77 bits per heavy atom. The summed E-state index contributed by atoms with van der Waals surface area (Å²) in [6.45, 7) is 6.23. The molecule has 0 saturated heterocycles. The standard InChI is InChI=1S/C21H23N3OS/c1-4-19-20(17-6-5-9-22-12-17)23-24-21(19)26-13-18(25)11-16-8-7-14(2)10-15(16)3/h5-10,12H,4,11,13H2,1-3H3,(H,23,24). The third-order valence-electron chi connectivity index (χ3n) is 4.39. The fourth-order valence-corrected chi connectivity index (χ4v) is 3.93. The van der Waals surface area contributed by atoms with E-state index in [0.717, 1.165) is 33.8 Å². The molecule has 0 spiro atoms. The molecule has 0 aliphatic carbocycles. The summed E-state index contributed by atoms with van der Waals surface area (Å²) in [5.41, 5.74) is 6.66. The first-order chi connectivity index (χ1) is 12.6. The van der Waals surface area contributed by atoms with Crippen molar-refractivity contribution in [2.75, 3.05) is 5.75 Å². The van der Waals surface area contributed by atoms with Crippen molar-refractivity contribution >= 4 is 17.5 Å². The number of hydrogen-bond donors (Lipinski definition) is 1. The first kappa shape index (κ1) is 18.4. The van der Waals surface area contributed by atoms with Crippen molar-refractivity contribution in [3.05, 3.63) is 65.0 Å². The van der Waals surface area contributed by atoms with Gasteiger partial charge in [-0.25, -0.2) is 0 Å². The van der Waals surface area contributed by atoms with Crippen molar-refractivity contribution in [2.45, 2.75) is 38.6 Å². The molecule has 3 aromatic rings. The van der Waals surface area contributed by atoms with Gasteiger partial charge in [0.2, 0.25) is 0 Å². The topological polar surface area (TPSA) is 58.6 Å². The Labute approximate surface area is 158 Å². The molecular formula is C21H23N3OS.